The van der Waals surface area contributed by atoms with Gasteiger partial charge < -0.3 is 20.6 Å². The number of rotatable bonds is 2. The lowest BCUT2D eigenvalue weighted by Crippen LogP contribution is -2.37. The molecule has 108 valence electrons. The molecule has 1 saturated heterocycles. The minimum Gasteiger partial charge on any atom is -0.478 e. The van der Waals surface area contributed by atoms with Gasteiger partial charge >= 0.3 is 12.0 Å². The smallest absolute Gasteiger partial charge is 0.335 e. The van der Waals surface area contributed by atoms with Gasteiger partial charge in [0.15, 0.2) is 0 Å². The van der Waals surface area contributed by atoms with Crippen molar-refractivity contribution in [1.82, 2.24) is 10.2 Å². The second kappa shape index (κ2) is 6.38. The van der Waals surface area contributed by atoms with Crippen LogP contribution >= 0.6 is 0 Å². The van der Waals surface area contributed by atoms with Crippen molar-refractivity contribution in [2.45, 2.75) is 13.3 Å². The number of aromatic carboxylic acids is 1. The first kappa shape index (κ1) is 14.3. The van der Waals surface area contributed by atoms with E-state index in [-0.39, 0.29) is 11.6 Å². The normalized spacial score (nSPS) is 15.6. The largest absolute Gasteiger partial charge is 0.478 e. The molecule has 0 unspecified atom stereocenters. The fourth-order valence-electron chi connectivity index (χ4n) is 2.18. The van der Waals surface area contributed by atoms with Crippen molar-refractivity contribution in [3.8, 4) is 0 Å². The number of nitrogens with zero attached hydrogens (tertiary/aromatic N) is 1. The average Bonchev–Trinajstić information content (AvgIpc) is 2.69. The van der Waals surface area contributed by atoms with Crippen LogP contribution < -0.4 is 10.6 Å². The number of nitrogens with one attached hydrogen (secondary N) is 2. The van der Waals surface area contributed by atoms with Gasteiger partial charge in [0.05, 0.1) is 5.56 Å². The number of hydrogen-bond acceptors (Lipinski definition) is 3. The number of carbonyl (C=O) groups excluding carboxylic acids is 1. The van der Waals surface area contributed by atoms with E-state index < -0.39 is 5.97 Å². The number of urea groups is 1. The van der Waals surface area contributed by atoms with Crippen molar-refractivity contribution in [3.63, 3.8) is 0 Å². The Balaban J connectivity index is 2.05. The molecule has 1 aromatic carbocycles. The van der Waals surface area contributed by atoms with Crippen LogP contribution in [0.1, 0.15) is 22.3 Å². The minimum absolute atomic E-state index is 0.139. The molecule has 0 aromatic heterocycles. The molecule has 0 radical (unpaired) electrons. The zero-order chi connectivity index (χ0) is 14.5. The second-order valence-corrected chi connectivity index (χ2v) is 4.86. The van der Waals surface area contributed by atoms with Crippen molar-refractivity contribution in [2.24, 2.45) is 0 Å². The molecule has 1 aliphatic rings. The molecule has 1 heterocycles. The summed E-state index contributed by atoms with van der Waals surface area (Å²) in [5.74, 6) is -0.968. The van der Waals surface area contributed by atoms with E-state index in [0.717, 1.165) is 31.6 Å². The number of amides is 2. The van der Waals surface area contributed by atoms with Crippen LogP contribution in [-0.4, -0.2) is 48.2 Å². The summed E-state index contributed by atoms with van der Waals surface area (Å²) in [6, 6.07) is 4.55. The predicted molar refractivity (Wildman–Crippen MR) is 76.2 cm³/mol. The molecule has 2 rings (SSSR count). The van der Waals surface area contributed by atoms with E-state index >= 15 is 0 Å². The Morgan fingerprint density at radius 1 is 1.30 bits per heavy atom. The summed E-state index contributed by atoms with van der Waals surface area (Å²) in [4.78, 5) is 24.8. The Morgan fingerprint density at radius 2 is 2.10 bits per heavy atom. The number of benzene rings is 1. The maximum absolute atomic E-state index is 12.2. The van der Waals surface area contributed by atoms with E-state index in [1.54, 1.807) is 24.0 Å². The maximum atomic E-state index is 12.2. The third-order valence-corrected chi connectivity index (χ3v) is 3.34. The SMILES string of the molecule is Cc1cc(C(=O)O)ccc1NC(=O)N1CCCNCC1. The summed E-state index contributed by atoms with van der Waals surface area (Å²) in [5.41, 5.74) is 1.61. The molecule has 1 fully saturated rings. The van der Waals surface area contributed by atoms with Crippen molar-refractivity contribution >= 4 is 17.7 Å². The van der Waals surface area contributed by atoms with Crippen molar-refractivity contribution < 1.29 is 14.7 Å². The number of aryl methyl sites for hydroxylation is 1. The second-order valence-electron chi connectivity index (χ2n) is 4.86. The van der Waals surface area contributed by atoms with Gasteiger partial charge in [0.1, 0.15) is 0 Å². The first-order valence-electron chi connectivity index (χ1n) is 6.68. The van der Waals surface area contributed by atoms with Gasteiger partial charge in [-0.3, -0.25) is 0 Å². The van der Waals surface area contributed by atoms with E-state index in [1.165, 1.54) is 6.07 Å². The number of anilines is 1. The van der Waals surface area contributed by atoms with Crippen LogP contribution in [0.4, 0.5) is 10.5 Å². The topological polar surface area (TPSA) is 81.7 Å². The highest BCUT2D eigenvalue weighted by atomic mass is 16.4. The molecule has 6 nitrogen and oxygen atoms in total. The van der Waals surface area contributed by atoms with Crippen LogP contribution in [0.25, 0.3) is 0 Å². The maximum Gasteiger partial charge on any atom is 0.335 e. The molecule has 0 saturated carbocycles. The van der Waals surface area contributed by atoms with Crippen LogP contribution in [0.15, 0.2) is 18.2 Å². The summed E-state index contributed by atoms with van der Waals surface area (Å²) >= 11 is 0. The molecular weight excluding hydrogens is 258 g/mol. The molecule has 1 aromatic rings. The van der Waals surface area contributed by atoms with Crippen molar-refractivity contribution in [2.75, 3.05) is 31.5 Å². The average molecular weight is 277 g/mol. The van der Waals surface area contributed by atoms with Gasteiger partial charge in [0.2, 0.25) is 0 Å². The van der Waals surface area contributed by atoms with Gasteiger partial charge in [0, 0.05) is 25.3 Å². The Hall–Kier alpha value is -2.08. The summed E-state index contributed by atoms with van der Waals surface area (Å²) in [5, 5.41) is 15.0. The zero-order valence-electron chi connectivity index (χ0n) is 11.5. The Labute approximate surface area is 117 Å². The van der Waals surface area contributed by atoms with Gasteiger partial charge in [0.25, 0.3) is 0 Å². The predicted octanol–water partition coefficient (Wildman–Crippen LogP) is 1.52. The third kappa shape index (κ3) is 3.48. The highest BCUT2D eigenvalue weighted by molar-refractivity contribution is 5.92. The fraction of sp³-hybridized carbons (Fsp3) is 0.429. The molecule has 1 aliphatic heterocycles. The Morgan fingerprint density at radius 3 is 2.80 bits per heavy atom. The first-order chi connectivity index (χ1) is 9.58. The van der Waals surface area contributed by atoms with E-state index in [0.29, 0.717) is 12.2 Å². The molecule has 6 heteroatoms. The summed E-state index contributed by atoms with van der Waals surface area (Å²) in [6.45, 7) is 4.91. The molecule has 0 spiro atoms. The summed E-state index contributed by atoms with van der Waals surface area (Å²) < 4.78 is 0. The molecule has 0 atom stereocenters. The number of carboxylic acid groups (broad SMARTS) is 1. The quantitative estimate of drug-likeness (QED) is 0.765. The van der Waals surface area contributed by atoms with Crippen LogP contribution in [0.5, 0.6) is 0 Å². The van der Waals surface area contributed by atoms with E-state index in [9.17, 15) is 9.59 Å². The molecule has 0 aliphatic carbocycles. The molecule has 20 heavy (non-hydrogen) atoms. The Kier molecular flexibility index (Phi) is 4.57. The molecule has 0 bridgehead atoms. The fourth-order valence-corrected chi connectivity index (χ4v) is 2.18. The van der Waals surface area contributed by atoms with Gasteiger partial charge in [-0.25, -0.2) is 9.59 Å². The zero-order valence-corrected chi connectivity index (χ0v) is 11.5. The number of carboxylic acids is 1. The van der Waals surface area contributed by atoms with E-state index in [1.807, 2.05) is 0 Å². The monoisotopic (exact) mass is 277 g/mol. The Bertz CT molecular complexity index is 508. The van der Waals surface area contributed by atoms with Gasteiger partial charge in [-0.15, -0.1) is 0 Å². The third-order valence-electron chi connectivity index (χ3n) is 3.34. The standard InChI is InChI=1S/C14H19N3O3/c1-10-9-11(13(18)19)3-4-12(10)16-14(20)17-7-2-5-15-6-8-17/h3-4,9,15H,2,5-8H2,1H3,(H,16,20)(H,18,19). The number of carbonyl (C=O) groups is 2. The highest BCUT2D eigenvalue weighted by Gasteiger charge is 2.16. The van der Waals surface area contributed by atoms with Gasteiger partial charge in [-0.05, 0) is 43.7 Å². The lowest BCUT2D eigenvalue weighted by atomic mass is 10.1. The van der Waals surface area contributed by atoms with E-state index in [2.05, 4.69) is 10.6 Å². The van der Waals surface area contributed by atoms with E-state index in [4.69, 9.17) is 5.11 Å². The lowest BCUT2D eigenvalue weighted by molar-refractivity contribution is 0.0697. The number of hydrogen-bond donors (Lipinski definition) is 3. The van der Waals surface area contributed by atoms with Gasteiger partial charge in [-0.1, -0.05) is 0 Å². The lowest BCUT2D eigenvalue weighted by Gasteiger charge is -2.21. The minimum atomic E-state index is -0.968. The van der Waals surface area contributed by atoms with Gasteiger partial charge in [-0.2, -0.15) is 0 Å². The van der Waals surface area contributed by atoms with Crippen molar-refractivity contribution in [1.29, 1.82) is 0 Å². The van der Waals surface area contributed by atoms with Crippen LogP contribution in [0, 0.1) is 6.92 Å². The molecular formula is C14H19N3O3. The molecule has 3 N–H and O–H groups in total. The van der Waals surface area contributed by atoms with Crippen LogP contribution in [0.2, 0.25) is 0 Å². The highest BCUT2D eigenvalue weighted by Crippen LogP contribution is 2.17. The van der Waals surface area contributed by atoms with Crippen LogP contribution in [-0.2, 0) is 0 Å². The summed E-state index contributed by atoms with van der Waals surface area (Å²) in [7, 11) is 0. The van der Waals surface area contributed by atoms with Crippen LogP contribution in [0.3, 0.4) is 0 Å². The molecule has 2 amide bonds. The van der Waals surface area contributed by atoms with Crippen molar-refractivity contribution in [3.05, 3.63) is 29.3 Å². The first-order valence-corrected chi connectivity index (χ1v) is 6.68. The summed E-state index contributed by atoms with van der Waals surface area (Å²) in [6.07, 6.45) is 0.935.